The summed E-state index contributed by atoms with van der Waals surface area (Å²) in [6, 6.07) is 13.8. The predicted octanol–water partition coefficient (Wildman–Crippen LogP) is 2.49. The lowest BCUT2D eigenvalue weighted by Gasteiger charge is -2.30. The molecular formula is C24H19N3O4. The second-order valence-electron chi connectivity index (χ2n) is 7.86. The van der Waals surface area contributed by atoms with Crippen molar-refractivity contribution in [1.82, 2.24) is 5.01 Å². The molecule has 2 amide bonds. The third kappa shape index (κ3) is 2.84. The molecule has 0 aromatic heterocycles. The highest BCUT2D eigenvalue weighted by Gasteiger charge is 2.64. The fourth-order valence-electron chi connectivity index (χ4n) is 4.71. The van der Waals surface area contributed by atoms with Crippen molar-refractivity contribution in [3.05, 3.63) is 77.9 Å². The molecule has 154 valence electrons. The Balaban J connectivity index is 1.55. The standard InChI is InChI=1S/C24H19N3O4/c1-14(28)15-9-11-17(12-10-15)26-23(30)19-18-8-5-13-25-27(18)21(20(19)24(26)31)22(29)16-6-3-2-4-7-16/h2-13,18-21H,1H3. The molecule has 0 spiro atoms. The summed E-state index contributed by atoms with van der Waals surface area (Å²) in [4.78, 5) is 53.0. The molecule has 31 heavy (non-hydrogen) atoms. The van der Waals surface area contributed by atoms with Crippen LogP contribution in [0.1, 0.15) is 27.6 Å². The molecule has 7 heteroatoms. The fourth-order valence-corrected chi connectivity index (χ4v) is 4.71. The van der Waals surface area contributed by atoms with Crippen LogP contribution in [0.25, 0.3) is 0 Å². The van der Waals surface area contributed by atoms with Gasteiger partial charge in [-0.05, 0) is 37.3 Å². The number of imide groups is 1. The van der Waals surface area contributed by atoms with E-state index in [0.717, 1.165) is 4.90 Å². The third-order valence-electron chi connectivity index (χ3n) is 6.15. The highest BCUT2D eigenvalue weighted by Crippen LogP contribution is 2.46. The van der Waals surface area contributed by atoms with Gasteiger partial charge in [0.1, 0.15) is 6.04 Å². The number of rotatable bonds is 4. The number of carbonyl (C=O) groups is 4. The van der Waals surface area contributed by atoms with Crippen molar-refractivity contribution in [3.63, 3.8) is 0 Å². The molecule has 0 bridgehead atoms. The number of anilines is 1. The Hall–Kier alpha value is -3.87. The van der Waals surface area contributed by atoms with Crippen LogP contribution in [0.3, 0.4) is 0 Å². The molecule has 3 aliphatic rings. The largest absolute Gasteiger partial charge is 0.295 e. The monoisotopic (exact) mass is 413 g/mol. The second-order valence-corrected chi connectivity index (χ2v) is 7.86. The number of benzene rings is 2. The van der Waals surface area contributed by atoms with E-state index in [1.807, 2.05) is 12.1 Å². The summed E-state index contributed by atoms with van der Waals surface area (Å²) in [7, 11) is 0. The summed E-state index contributed by atoms with van der Waals surface area (Å²) < 4.78 is 0. The molecular weight excluding hydrogens is 394 g/mol. The quantitative estimate of drug-likeness (QED) is 0.568. The van der Waals surface area contributed by atoms with Crippen LogP contribution in [-0.4, -0.2) is 46.7 Å². The Kier molecular flexibility index (Phi) is 4.39. The fraction of sp³-hybridized carbons (Fsp3) is 0.208. The van der Waals surface area contributed by atoms with Crippen molar-refractivity contribution >= 4 is 35.3 Å². The van der Waals surface area contributed by atoms with E-state index in [0.29, 0.717) is 16.8 Å². The van der Waals surface area contributed by atoms with Crippen LogP contribution in [0.5, 0.6) is 0 Å². The number of hydrogen-bond acceptors (Lipinski definition) is 6. The molecule has 4 atom stereocenters. The van der Waals surface area contributed by atoms with Gasteiger partial charge in [0.2, 0.25) is 11.8 Å². The zero-order chi connectivity index (χ0) is 21.7. The maximum Gasteiger partial charge on any atom is 0.240 e. The Bertz CT molecular complexity index is 1150. The van der Waals surface area contributed by atoms with Crippen LogP contribution < -0.4 is 4.90 Å². The van der Waals surface area contributed by atoms with E-state index in [1.54, 1.807) is 65.8 Å². The van der Waals surface area contributed by atoms with Crippen molar-refractivity contribution in [1.29, 1.82) is 0 Å². The summed E-state index contributed by atoms with van der Waals surface area (Å²) in [5, 5.41) is 5.93. The third-order valence-corrected chi connectivity index (χ3v) is 6.15. The number of ketones is 2. The number of allylic oxidation sites excluding steroid dienone is 1. The van der Waals surface area contributed by atoms with E-state index in [-0.39, 0.29) is 17.5 Å². The second kappa shape index (κ2) is 7.12. The summed E-state index contributed by atoms with van der Waals surface area (Å²) in [5.41, 5.74) is 1.37. The Labute approximate surface area is 178 Å². The van der Waals surface area contributed by atoms with Gasteiger partial charge >= 0.3 is 0 Å². The minimum absolute atomic E-state index is 0.100. The van der Waals surface area contributed by atoms with E-state index in [2.05, 4.69) is 5.10 Å². The number of hydrogen-bond donors (Lipinski definition) is 0. The molecule has 0 radical (unpaired) electrons. The Morgan fingerprint density at radius 2 is 1.55 bits per heavy atom. The average molecular weight is 413 g/mol. The summed E-state index contributed by atoms with van der Waals surface area (Å²) in [6.07, 6.45) is 5.11. The maximum absolute atomic E-state index is 13.5. The van der Waals surface area contributed by atoms with Crippen LogP contribution in [0.15, 0.2) is 71.9 Å². The first-order valence-electron chi connectivity index (χ1n) is 10.1. The molecule has 2 aromatic carbocycles. The lowest BCUT2D eigenvalue weighted by Crippen LogP contribution is -2.46. The minimum atomic E-state index is -0.864. The number of carbonyl (C=O) groups excluding carboxylic acids is 4. The normalized spacial score (nSPS) is 26.2. The minimum Gasteiger partial charge on any atom is -0.295 e. The lowest BCUT2D eigenvalue weighted by molar-refractivity contribution is -0.123. The molecule has 3 aliphatic heterocycles. The number of amides is 2. The molecule has 0 saturated carbocycles. The Morgan fingerprint density at radius 1 is 0.871 bits per heavy atom. The average Bonchev–Trinajstić information content (AvgIpc) is 3.27. The van der Waals surface area contributed by atoms with Crippen LogP contribution in [0.2, 0.25) is 0 Å². The molecule has 2 aromatic rings. The van der Waals surface area contributed by atoms with Crippen molar-refractivity contribution < 1.29 is 19.2 Å². The molecule has 3 heterocycles. The van der Waals surface area contributed by atoms with Gasteiger partial charge < -0.3 is 0 Å². The van der Waals surface area contributed by atoms with Gasteiger partial charge in [-0.25, -0.2) is 4.90 Å². The van der Waals surface area contributed by atoms with Crippen molar-refractivity contribution in [2.24, 2.45) is 16.9 Å². The maximum atomic E-state index is 13.5. The zero-order valence-electron chi connectivity index (χ0n) is 16.7. The first kappa shape index (κ1) is 19.1. The van der Waals surface area contributed by atoms with Gasteiger partial charge in [0, 0.05) is 17.3 Å². The molecule has 7 nitrogen and oxygen atoms in total. The van der Waals surface area contributed by atoms with Crippen LogP contribution >= 0.6 is 0 Å². The number of hydrazone groups is 1. The van der Waals surface area contributed by atoms with Gasteiger partial charge in [0.15, 0.2) is 11.6 Å². The first-order valence-corrected chi connectivity index (χ1v) is 10.1. The van der Waals surface area contributed by atoms with Crippen LogP contribution in [-0.2, 0) is 9.59 Å². The van der Waals surface area contributed by atoms with E-state index in [9.17, 15) is 19.2 Å². The highest BCUT2D eigenvalue weighted by molar-refractivity contribution is 6.24. The van der Waals surface area contributed by atoms with Crippen molar-refractivity contribution in [2.45, 2.75) is 19.0 Å². The summed E-state index contributed by atoms with van der Waals surface area (Å²) >= 11 is 0. The summed E-state index contributed by atoms with van der Waals surface area (Å²) in [5.74, 6) is -2.65. The number of nitrogens with zero attached hydrogens (tertiary/aromatic N) is 3. The number of fused-ring (bicyclic) bond motifs is 3. The van der Waals surface area contributed by atoms with Crippen LogP contribution in [0, 0.1) is 11.8 Å². The van der Waals surface area contributed by atoms with E-state index in [4.69, 9.17) is 0 Å². The van der Waals surface area contributed by atoms with Gasteiger partial charge in [0.05, 0.1) is 23.6 Å². The predicted molar refractivity (Wildman–Crippen MR) is 114 cm³/mol. The molecule has 2 fully saturated rings. The zero-order valence-corrected chi connectivity index (χ0v) is 16.7. The highest BCUT2D eigenvalue weighted by atomic mass is 16.2. The number of Topliss-reactive ketones (excluding diaryl/α,β-unsaturated/α-hetero) is 2. The van der Waals surface area contributed by atoms with E-state index < -0.39 is 29.8 Å². The first-order chi connectivity index (χ1) is 15.0. The Morgan fingerprint density at radius 3 is 2.23 bits per heavy atom. The molecule has 2 saturated heterocycles. The van der Waals surface area contributed by atoms with Gasteiger partial charge in [-0.2, -0.15) is 5.10 Å². The van der Waals surface area contributed by atoms with Gasteiger partial charge in [-0.3, -0.25) is 24.2 Å². The van der Waals surface area contributed by atoms with Gasteiger partial charge in [-0.15, -0.1) is 0 Å². The molecule has 0 N–H and O–H groups in total. The molecule has 4 unspecified atom stereocenters. The van der Waals surface area contributed by atoms with Crippen molar-refractivity contribution in [2.75, 3.05) is 4.90 Å². The van der Waals surface area contributed by atoms with Gasteiger partial charge in [-0.1, -0.05) is 36.4 Å². The molecule has 0 aliphatic carbocycles. The van der Waals surface area contributed by atoms with Gasteiger partial charge in [0.25, 0.3) is 0 Å². The lowest BCUT2D eigenvalue weighted by atomic mass is 9.86. The van der Waals surface area contributed by atoms with Crippen molar-refractivity contribution in [3.8, 4) is 0 Å². The van der Waals surface area contributed by atoms with Crippen LogP contribution in [0.4, 0.5) is 5.69 Å². The van der Waals surface area contributed by atoms with E-state index in [1.165, 1.54) is 6.92 Å². The molecule has 5 rings (SSSR count). The summed E-state index contributed by atoms with van der Waals surface area (Å²) in [6.45, 7) is 1.45. The van der Waals surface area contributed by atoms with E-state index >= 15 is 0 Å². The SMILES string of the molecule is CC(=O)c1ccc(N2C(=O)C3C(C2=O)C(C(=O)c2ccccc2)N2N=CC=CC32)cc1. The topological polar surface area (TPSA) is 87.1 Å². The smallest absolute Gasteiger partial charge is 0.240 e.